The van der Waals surface area contributed by atoms with Crippen LogP contribution in [0.3, 0.4) is 0 Å². The number of morpholine rings is 1. The monoisotopic (exact) mass is 316 g/mol. The summed E-state index contributed by atoms with van der Waals surface area (Å²) in [6, 6.07) is 7.29. The zero-order chi connectivity index (χ0) is 15.6. The van der Waals surface area contributed by atoms with Crippen LogP contribution in [0.2, 0.25) is 0 Å². The van der Waals surface area contributed by atoms with Gasteiger partial charge in [-0.15, -0.1) is 10.2 Å². The van der Waals surface area contributed by atoms with Crippen LogP contribution < -0.4 is 0 Å². The Morgan fingerprint density at radius 1 is 1.13 bits per heavy atom. The predicted molar refractivity (Wildman–Crippen MR) is 83.1 cm³/mol. The van der Waals surface area contributed by atoms with E-state index in [1.54, 1.807) is 12.7 Å². The Morgan fingerprint density at radius 3 is 2.70 bits per heavy atom. The van der Waals surface area contributed by atoms with Crippen molar-refractivity contribution in [2.45, 2.75) is 38.1 Å². The van der Waals surface area contributed by atoms with Crippen molar-refractivity contribution in [3.05, 3.63) is 48.3 Å². The lowest BCUT2D eigenvalue weighted by atomic mass is 10.0. The van der Waals surface area contributed by atoms with Gasteiger partial charge >= 0.3 is 0 Å². The van der Waals surface area contributed by atoms with Crippen LogP contribution in [0.5, 0.6) is 0 Å². The van der Waals surface area contributed by atoms with E-state index in [0.717, 1.165) is 44.6 Å². The van der Waals surface area contributed by atoms with Crippen LogP contribution in [0.25, 0.3) is 0 Å². The number of rotatable bonds is 4. The van der Waals surface area contributed by atoms with Crippen LogP contribution in [0.1, 0.15) is 18.4 Å². The smallest absolute Gasteiger partial charge is 0.123 e. The van der Waals surface area contributed by atoms with Crippen LogP contribution >= 0.6 is 0 Å². The molecular weight excluding hydrogens is 295 g/mol. The second-order valence-corrected chi connectivity index (χ2v) is 6.50. The van der Waals surface area contributed by atoms with Crippen molar-refractivity contribution in [2.75, 3.05) is 13.2 Å². The van der Waals surface area contributed by atoms with Crippen molar-refractivity contribution in [3.8, 4) is 0 Å². The number of hydrogen-bond acceptors (Lipinski definition) is 4. The third kappa shape index (κ3) is 3.14. The molecule has 6 heteroatoms. The maximum absolute atomic E-state index is 13.1. The molecule has 23 heavy (non-hydrogen) atoms. The third-order valence-electron chi connectivity index (χ3n) is 5.05. The topological polar surface area (TPSA) is 43.2 Å². The molecule has 1 saturated carbocycles. The van der Waals surface area contributed by atoms with Crippen molar-refractivity contribution in [1.82, 2.24) is 19.7 Å². The van der Waals surface area contributed by atoms with E-state index in [9.17, 15) is 4.39 Å². The summed E-state index contributed by atoms with van der Waals surface area (Å²) in [5.74, 6) is 0.329. The van der Waals surface area contributed by atoms with Crippen LogP contribution in [0, 0.1) is 11.7 Å². The van der Waals surface area contributed by atoms with E-state index >= 15 is 0 Å². The van der Waals surface area contributed by atoms with E-state index in [0.29, 0.717) is 12.0 Å². The van der Waals surface area contributed by atoms with E-state index in [2.05, 4.69) is 15.1 Å². The van der Waals surface area contributed by atoms with Gasteiger partial charge in [-0.1, -0.05) is 12.1 Å². The first-order valence-electron chi connectivity index (χ1n) is 8.22. The molecule has 3 atom stereocenters. The number of nitrogens with zero attached hydrogens (tertiary/aromatic N) is 4. The van der Waals surface area contributed by atoms with Crippen molar-refractivity contribution < 1.29 is 9.13 Å². The second kappa shape index (κ2) is 6.37. The third-order valence-corrected chi connectivity index (χ3v) is 5.05. The molecule has 2 heterocycles. The molecule has 1 aromatic heterocycles. The fourth-order valence-electron chi connectivity index (χ4n) is 3.94. The molecule has 4 rings (SSSR count). The van der Waals surface area contributed by atoms with Crippen molar-refractivity contribution in [2.24, 2.45) is 5.92 Å². The van der Waals surface area contributed by atoms with Crippen molar-refractivity contribution in [3.63, 3.8) is 0 Å². The average molecular weight is 316 g/mol. The van der Waals surface area contributed by atoms with Crippen molar-refractivity contribution >= 4 is 0 Å². The minimum atomic E-state index is -0.177. The van der Waals surface area contributed by atoms with Gasteiger partial charge < -0.3 is 9.30 Å². The summed E-state index contributed by atoms with van der Waals surface area (Å²) < 4.78 is 21.2. The molecule has 0 radical (unpaired) electrons. The standard InChI is InChI=1S/C17H21FN4O/c18-15-4-1-13(2-5-15)9-22-7-8-23-17-14(3-6-16(17)22)10-21-11-19-20-12-21/h1-2,4-5,11-12,14,16-17H,3,6-10H2/t14-,16+,17+/m0/s1. The number of halogens is 1. The van der Waals surface area contributed by atoms with Crippen LogP contribution in [0.15, 0.2) is 36.9 Å². The Balaban J connectivity index is 1.43. The average Bonchev–Trinajstić information content (AvgIpc) is 3.21. The summed E-state index contributed by atoms with van der Waals surface area (Å²) in [6.45, 7) is 3.49. The summed E-state index contributed by atoms with van der Waals surface area (Å²) in [4.78, 5) is 2.49. The maximum Gasteiger partial charge on any atom is 0.123 e. The molecular formula is C17H21FN4O. The van der Waals surface area contributed by atoms with Gasteiger partial charge in [-0.2, -0.15) is 0 Å². The minimum absolute atomic E-state index is 0.177. The quantitative estimate of drug-likeness (QED) is 0.866. The van der Waals surface area contributed by atoms with Crippen LogP contribution in [-0.2, 0) is 17.8 Å². The molecule has 0 bridgehead atoms. The normalized spacial score (nSPS) is 28.0. The molecule has 2 aliphatic rings. The Bertz CT molecular complexity index is 631. The zero-order valence-corrected chi connectivity index (χ0v) is 13.0. The lowest BCUT2D eigenvalue weighted by Gasteiger charge is -2.39. The fourth-order valence-corrected chi connectivity index (χ4v) is 3.94. The first-order valence-corrected chi connectivity index (χ1v) is 8.22. The number of fused-ring (bicyclic) bond motifs is 1. The number of benzene rings is 1. The van der Waals surface area contributed by atoms with Crippen molar-refractivity contribution in [1.29, 1.82) is 0 Å². The first-order chi connectivity index (χ1) is 11.3. The van der Waals surface area contributed by atoms with E-state index in [1.165, 1.54) is 12.1 Å². The number of ether oxygens (including phenoxy) is 1. The summed E-state index contributed by atoms with van der Waals surface area (Å²) in [7, 11) is 0. The largest absolute Gasteiger partial charge is 0.375 e. The van der Waals surface area contributed by atoms with E-state index in [1.807, 2.05) is 16.7 Å². The van der Waals surface area contributed by atoms with Gasteiger partial charge in [0.15, 0.2) is 0 Å². The lowest BCUT2D eigenvalue weighted by Crippen LogP contribution is -2.50. The van der Waals surface area contributed by atoms with E-state index < -0.39 is 0 Å². The highest BCUT2D eigenvalue weighted by atomic mass is 19.1. The minimum Gasteiger partial charge on any atom is -0.375 e. The van der Waals surface area contributed by atoms with Gasteiger partial charge in [0.25, 0.3) is 0 Å². The SMILES string of the molecule is Fc1ccc(CN2CCO[C@@H]3[C@H](Cn4cnnc4)CC[C@H]32)cc1. The highest BCUT2D eigenvalue weighted by Gasteiger charge is 2.42. The predicted octanol–water partition coefficient (Wildman–Crippen LogP) is 2.10. The first kappa shape index (κ1) is 14.8. The molecule has 1 saturated heterocycles. The highest BCUT2D eigenvalue weighted by Crippen LogP contribution is 2.36. The molecule has 2 fully saturated rings. The highest BCUT2D eigenvalue weighted by molar-refractivity contribution is 5.16. The molecule has 0 unspecified atom stereocenters. The molecule has 1 aliphatic heterocycles. The summed E-state index contributed by atoms with van der Waals surface area (Å²) in [6.07, 6.45) is 6.12. The molecule has 1 aromatic carbocycles. The summed E-state index contributed by atoms with van der Waals surface area (Å²) in [5.41, 5.74) is 1.16. The van der Waals surface area contributed by atoms with Gasteiger partial charge in [0.2, 0.25) is 0 Å². The van der Waals surface area contributed by atoms with Gasteiger partial charge in [-0.3, -0.25) is 4.90 Å². The second-order valence-electron chi connectivity index (χ2n) is 6.50. The molecule has 0 spiro atoms. The molecule has 0 amide bonds. The van der Waals surface area contributed by atoms with Gasteiger partial charge in [-0.05, 0) is 30.5 Å². The Morgan fingerprint density at radius 2 is 1.91 bits per heavy atom. The van der Waals surface area contributed by atoms with Gasteiger partial charge in [0, 0.05) is 31.6 Å². The Labute approximate surface area is 135 Å². The lowest BCUT2D eigenvalue weighted by molar-refractivity contribution is -0.0786. The van der Waals surface area contributed by atoms with E-state index in [4.69, 9.17) is 4.74 Å². The molecule has 0 N–H and O–H groups in total. The Hall–Kier alpha value is -1.79. The van der Waals surface area contributed by atoms with Crippen LogP contribution in [-0.4, -0.2) is 45.0 Å². The zero-order valence-electron chi connectivity index (χ0n) is 13.0. The van der Waals surface area contributed by atoms with Gasteiger partial charge in [0.05, 0.1) is 12.7 Å². The molecule has 122 valence electrons. The summed E-state index contributed by atoms with van der Waals surface area (Å²) in [5, 5.41) is 7.75. The van der Waals surface area contributed by atoms with Gasteiger partial charge in [0.1, 0.15) is 18.5 Å². The van der Waals surface area contributed by atoms with Gasteiger partial charge in [-0.25, -0.2) is 4.39 Å². The number of hydrogen-bond donors (Lipinski definition) is 0. The van der Waals surface area contributed by atoms with E-state index in [-0.39, 0.29) is 11.9 Å². The Kier molecular flexibility index (Phi) is 4.10. The summed E-state index contributed by atoms with van der Waals surface area (Å²) >= 11 is 0. The number of aromatic nitrogens is 3. The molecule has 5 nitrogen and oxygen atoms in total. The molecule has 2 aromatic rings. The molecule has 1 aliphatic carbocycles. The fraction of sp³-hybridized carbons (Fsp3) is 0.529. The maximum atomic E-state index is 13.1. The van der Waals surface area contributed by atoms with Crippen LogP contribution in [0.4, 0.5) is 4.39 Å².